The molecule has 2 saturated heterocycles. The first-order chi connectivity index (χ1) is 8.81. The molecule has 0 aromatic carbocycles. The molecule has 110 valence electrons. The number of sulfone groups is 1. The van der Waals surface area contributed by atoms with E-state index < -0.39 is 21.6 Å². The number of rotatable bonds is 4. The van der Waals surface area contributed by atoms with Crippen LogP contribution in [0.4, 0.5) is 0 Å². The molecule has 0 aromatic heterocycles. The summed E-state index contributed by atoms with van der Waals surface area (Å²) in [5.41, 5.74) is 0. The van der Waals surface area contributed by atoms with Crippen molar-refractivity contribution < 1.29 is 27.8 Å². The zero-order chi connectivity index (χ0) is 14.1. The van der Waals surface area contributed by atoms with Crippen molar-refractivity contribution in [3.05, 3.63) is 0 Å². The molecule has 2 heterocycles. The lowest BCUT2D eigenvalue weighted by Gasteiger charge is -2.35. The number of aliphatic carboxylic acids is 1. The Balaban J connectivity index is 1.95. The van der Waals surface area contributed by atoms with E-state index in [1.54, 1.807) is 6.92 Å². The summed E-state index contributed by atoms with van der Waals surface area (Å²) >= 11 is 0. The van der Waals surface area contributed by atoms with Gasteiger partial charge >= 0.3 is 5.97 Å². The van der Waals surface area contributed by atoms with Crippen molar-refractivity contribution in [1.29, 1.82) is 0 Å². The van der Waals surface area contributed by atoms with Gasteiger partial charge in [0.15, 0.2) is 15.6 Å². The molecule has 0 amide bonds. The SMILES string of the molecule is CC1(C2CCCS(=O)(=O)C2)OCC(CCC(=O)O)O1. The van der Waals surface area contributed by atoms with E-state index in [4.69, 9.17) is 14.6 Å². The van der Waals surface area contributed by atoms with Crippen LogP contribution in [0.2, 0.25) is 0 Å². The fourth-order valence-corrected chi connectivity index (χ4v) is 4.59. The van der Waals surface area contributed by atoms with Crippen LogP contribution >= 0.6 is 0 Å². The largest absolute Gasteiger partial charge is 0.481 e. The maximum atomic E-state index is 11.7. The average molecular weight is 292 g/mol. The lowest BCUT2D eigenvalue weighted by Crippen LogP contribution is -2.43. The molecule has 0 radical (unpaired) electrons. The molecular weight excluding hydrogens is 272 g/mol. The molecule has 3 unspecified atom stereocenters. The molecule has 2 aliphatic rings. The molecule has 19 heavy (non-hydrogen) atoms. The van der Waals surface area contributed by atoms with Crippen molar-refractivity contribution >= 4 is 15.8 Å². The molecule has 0 aromatic rings. The average Bonchev–Trinajstić information content (AvgIpc) is 2.69. The maximum Gasteiger partial charge on any atom is 0.303 e. The molecule has 2 rings (SSSR count). The van der Waals surface area contributed by atoms with E-state index in [-0.39, 0.29) is 29.9 Å². The Labute approximate surface area is 113 Å². The van der Waals surface area contributed by atoms with Crippen LogP contribution in [0.15, 0.2) is 0 Å². The summed E-state index contributed by atoms with van der Waals surface area (Å²) < 4.78 is 34.8. The van der Waals surface area contributed by atoms with Gasteiger partial charge in [-0.25, -0.2) is 8.42 Å². The van der Waals surface area contributed by atoms with Gasteiger partial charge in [0.05, 0.1) is 24.2 Å². The summed E-state index contributed by atoms with van der Waals surface area (Å²) in [4.78, 5) is 10.5. The third-order valence-corrected chi connectivity index (χ3v) is 5.66. The molecule has 2 aliphatic heterocycles. The van der Waals surface area contributed by atoms with Gasteiger partial charge < -0.3 is 14.6 Å². The molecule has 3 atom stereocenters. The first kappa shape index (κ1) is 14.7. The van der Waals surface area contributed by atoms with E-state index in [1.165, 1.54) is 0 Å². The zero-order valence-electron chi connectivity index (χ0n) is 11.0. The molecular formula is C12H20O6S. The molecule has 0 aliphatic carbocycles. The van der Waals surface area contributed by atoms with E-state index in [0.717, 1.165) is 6.42 Å². The van der Waals surface area contributed by atoms with Gasteiger partial charge in [0, 0.05) is 12.3 Å². The Kier molecular flexibility index (Phi) is 4.17. The van der Waals surface area contributed by atoms with E-state index in [1.807, 2.05) is 0 Å². The summed E-state index contributed by atoms with van der Waals surface area (Å²) in [5, 5.41) is 8.65. The first-order valence-electron chi connectivity index (χ1n) is 6.55. The van der Waals surface area contributed by atoms with Gasteiger partial charge in [-0.1, -0.05) is 0 Å². The Bertz CT molecular complexity index is 445. The second-order valence-electron chi connectivity index (χ2n) is 5.45. The second-order valence-corrected chi connectivity index (χ2v) is 7.68. The number of carbonyl (C=O) groups is 1. The van der Waals surface area contributed by atoms with Crippen molar-refractivity contribution in [1.82, 2.24) is 0 Å². The standard InChI is InChI=1S/C12H20O6S/c1-12(9-3-2-6-19(15,16)8-9)17-7-10(18-12)4-5-11(13)14/h9-10H,2-8H2,1H3,(H,13,14). The van der Waals surface area contributed by atoms with Crippen molar-refractivity contribution in [3.63, 3.8) is 0 Å². The quantitative estimate of drug-likeness (QED) is 0.824. The van der Waals surface area contributed by atoms with Gasteiger partial charge in [-0.3, -0.25) is 4.79 Å². The van der Waals surface area contributed by atoms with Gasteiger partial charge in [-0.15, -0.1) is 0 Å². The van der Waals surface area contributed by atoms with Crippen LogP contribution in [0.5, 0.6) is 0 Å². The summed E-state index contributed by atoms with van der Waals surface area (Å²) in [6.45, 7) is 2.10. The van der Waals surface area contributed by atoms with Crippen LogP contribution in [0, 0.1) is 5.92 Å². The van der Waals surface area contributed by atoms with Gasteiger partial charge in [0.2, 0.25) is 0 Å². The van der Waals surface area contributed by atoms with E-state index >= 15 is 0 Å². The van der Waals surface area contributed by atoms with E-state index in [9.17, 15) is 13.2 Å². The summed E-state index contributed by atoms with van der Waals surface area (Å²) in [5.74, 6) is -1.59. The highest BCUT2D eigenvalue weighted by molar-refractivity contribution is 7.91. The normalized spacial score (nSPS) is 38.2. The summed E-state index contributed by atoms with van der Waals surface area (Å²) in [7, 11) is -3.00. The van der Waals surface area contributed by atoms with Crippen molar-refractivity contribution in [2.75, 3.05) is 18.1 Å². The Morgan fingerprint density at radius 3 is 2.84 bits per heavy atom. The zero-order valence-corrected chi connectivity index (χ0v) is 11.8. The van der Waals surface area contributed by atoms with Gasteiger partial charge in [0.25, 0.3) is 0 Å². The highest BCUT2D eigenvalue weighted by Gasteiger charge is 2.46. The number of hydrogen-bond acceptors (Lipinski definition) is 5. The van der Waals surface area contributed by atoms with Gasteiger partial charge in [-0.2, -0.15) is 0 Å². The molecule has 0 spiro atoms. The smallest absolute Gasteiger partial charge is 0.303 e. The Hall–Kier alpha value is -0.660. The van der Waals surface area contributed by atoms with E-state index in [0.29, 0.717) is 19.4 Å². The summed E-state index contributed by atoms with van der Waals surface area (Å²) in [6, 6.07) is 0. The molecule has 0 bridgehead atoms. The van der Waals surface area contributed by atoms with Crippen molar-refractivity contribution in [3.8, 4) is 0 Å². The minimum Gasteiger partial charge on any atom is -0.481 e. The predicted octanol–water partition coefficient (Wildman–Crippen LogP) is 0.808. The number of carboxylic acid groups (broad SMARTS) is 1. The minimum absolute atomic E-state index is 0.0348. The molecule has 1 N–H and O–H groups in total. The van der Waals surface area contributed by atoms with E-state index in [2.05, 4.69) is 0 Å². The first-order valence-corrected chi connectivity index (χ1v) is 8.37. The molecule has 6 nitrogen and oxygen atoms in total. The van der Waals surface area contributed by atoms with Crippen LogP contribution < -0.4 is 0 Å². The number of ether oxygens (including phenoxy) is 2. The molecule has 7 heteroatoms. The Morgan fingerprint density at radius 2 is 2.21 bits per heavy atom. The highest BCUT2D eigenvalue weighted by Crippen LogP contribution is 2.37. The van der Waals surface area contributed by atoms with Crippen molar-refractivity contribution in [2.45, 2.75) is 44.5 Å². The fraction of sp³-hybridized carbons (Fsp3) is 0.917. The highest BCUT2D eigenvalue weighted by atomic mass is 32.2. The van der Waals surface area contributed by atoms with Crippen LogP contribution in [0.25, 0.3) is 0 Å². The van der Waals surface area contributed by atoms with Crippen LogP contribution in [-0.4, -0.2) is 49.5 Å². The molecule has 2 fully saturated rings. The topological polar surface area (TPSA) is 89.9 Å². The fourth-order valence-electron chi connectivity index (χ4n) is 2.73. The van der Waals surface area contributed by atoms with Crippen LogP contribution in [-0.2, 0) is 24.1 Å². The third-order valence-electron chi connectivity index (χ3n) is 3.84. The van der Waals surface area contributed by atoms with Crippen molar-refractivity contribution in [2.24, 2.45) is 5.92 Å². The lowest BCUT2D eigenvalue weighted by molar-refractivity contribution is -0.189. The summed E-state index contributed by atoms with van der Waals surface area (Å²) in [6.07, 6.45) is 1.57. The van der Waals surface area contributed by atoms with Crippen LogP contribution in [0.1, 0.15) is 32.6 Å². The lowest BCUT2D eigenvalue weighted by atomic mass is 9.96. The second kappa shape index (κ2) is 5.38. The monoisotopic (exact) mass is 292 g/mol. The predicted molar refractivity (Wildman–Crippen MR) is 67.5 cm³/mol. The third kappa shape index (κ3) is 3.67. The van der Waals surface area contributed by atoms with Gasteiger partial charge in [-0.05, 0) is 26.2 Å². The van der Waals surface area contributed by atoms with Gasteiger partial charge in [0.1, 0.15) is 0 Å². The molecule has 0 saturated carbocycles. The van der Waals surface area contributed by atoms with Crippen LogP contribution in [0.3, 0.4) is 0 Å². The number of carboxylic acids is 1. The minimum atomic E-state index is -3.00. The Morgan fingerprint density at radius 1 is 1.47 bits per heavy atom. The maximum absolute atomic E-state index is 11.7. The number of hydrogen-bond donors (Lipinski definition) is 1.